The number of aromatic nitrogens is 1. The number of benzene rings is 1. The van der Waals surface area contributed by atoms with Gasteiger partial charge >= 0.3 is 0 Å². The number of oxazole rings is 1. The molecule has 0 saturated carbocycles. The zero-order valence-corrected chi connectivity index (χ0v) is 15.7. The number of amides is 1. The molecule has 1 aromatic heterocycles. The molecule has 0 N–H and O–H groups in total. The summed E-state index contributed by atoms with van der Waals surface area (Å²) < 4.78 is 5.95. The van der Waals surface area contributed by atoms with Crippen LogP contribution in [0.2, 0.25) is 0 Å². The fourth-order valence-corrected chi connectivity index (χ4v) is 4.31. The van der Waals surface area contributed by atoms with E-state index in [0.717, 1.165) is 68.9 Å². The Morgan fingerprint density at radius 3 is 2.46 bits per heavy atom. The molecule has 5 heteroatoms. The molecule has 1 amide bonds. The summed E-state index contributed by atoms with van der Waals surface area (Å²) >= 11 is 0. The first-order valence-corrected chi connectivity index (χ1v) is 10.1. The molecule has 0 spiro atoms. The molecule has 2 aromatic rings. The predicted molar refractivity (Wildman–Crippen MR) is 102 cm³/mol. The van der Waals surface area contributed by atoms with Crippen LogP contribution in [0.1, 0.15) is 57.3 Å². The third-order valence-electron chi connectivity index (χ3n) is 6.01. The summed E-state index contributed by atoms with van der Waals surface area (Å²) in [5.74, 6) is 1.53. The van der Waals surface area contributed by atoms with Gasteiger partial charge in [0.1, 0.15) is 5.52 Å². The molecular weight excluding hydrogens is 326 g/mol. The van der Waals surface area contributed by atoms with Crippen LogP contribution in [-0.2, 0) is 4.79 Å². The van der Waals surface area contributed by atoms with Crippen molar-refractivity contribution in [2.24, 2.45) is 0 Å². The lowest BCUT2D eigenvalue weighted by atomic mass is 9.95. The van der Waals surface area contributed by atoms with Crippen LogP contribution in [0.25, 0.3) is 11.1 Å². The molecule has 1 unspecified atom stereocenters. The Labute approximate surface area is 155 Å². The Balaban J connectivity index is 1.35. The second-order valence-corrected chi connectivity index (χ2v) is 7.75. The number of nitrogens with zero attached hydrogens (tertiary/aromatic N) is 3. The Morgan fingerprint density at radius 2 is 1.77 bits per heavy atom. The maximum absolute atomic E-state index is 12.9. The minimum Gasteiger partial charge on any atom is -0.440 e. The highest BCUT2D eigenvalue weighted by molar-refractivity contribution is 5.81. The zero-order chi connectivity index (χ0) is 17.9. The van der Waals surface area contributed by atoms with Gasteiger partial charge in [0, 0.05) is 19.0 Å². The van der Waals surface area contributed by atoms with Gasteiger partial charge in [-0.25, -0.2) is 4.98 Å². The molecule has 2 saturated heterocycles. The Hall–Kier alpha value is -1.88. The number of hydrogen-bond acceptors (Lipinski definition) is 4. The SMILES string of the molecule is CC(C(=O)N1CCCCCC1)N1CCC(c2nc3ccccc3o2)CC1. The van der Waals surface area contributed by atoms with Gasteiger partial charge in [-0.2, -0.15) is 0 Å². The molecule has 2 aliphatic rings. The van der Waals surface area contributed by atoms with Crippen molar-refractivity contribution in [1.29, 1.82) is 0 Å². The number of likely N-dealkylation sites (tertiary alicyclic amines) is 2. The second-order valence-electron chi connectivity index (χ2n) is 7.75. The van der Waals surface area contributed by atoms with Gasteiger partial charge in [0.2, 0.25) is 5.91 Å². The van der Waals surface area contributed by atoms with Crippen molar-refractivity contribution < 1.29 is 9.21 Å². The molecule has 0 aliphatic carbocycles. The van der Waals surface area contributed by atoms with Crippen molar-refractivity contribution in [3.8, 4) is 0 Å². The number of rotatable bonds is 3. The maximum Gasteiger partial charge on any atom is 0.239 e. The number of fused-ring (bicyclic) bond motifs is 1. The molecule has 1 aromatic carbocycles. The second kappa shape index (κ2) is 7.78. The van der Waals surface area contributed by atoms with Crippen LogP contribution in [0.5, 0.6) is 0 Å². The monoisotopic (exact) mass is 355 g/mol. The molecule has 4 rings (SSSR count). The van der Waals surface area contributed by atoms with Crippen LogP contribution in [0, 0.1) is 0 Å². The van der Waals surface area contributed by atoms with Gasteiger partial charge in [0.05, 0.1) is 6.04 Å². The van der Waals surface area contributed by atoms with E-state index in [4.69, 9.17) is 4.42 Å². The summed E-state index contributed by atoms with van der Waals surface area (Å²) in [7, 11) is 0. The van der Waals surface area contributed by atoms with Crippen molar-refractivity contribution in [3.63, 3.8) is 0 Å². The molecule has 26 heavy (non-hydrogen) atoms. The van der Waals surface area contributed by atoms with E-state index in [1.807, 2.05) is 24.3 Å². The first kappa shape index (κ1) is 17.5. The van der Waals surface area contributed by atoms with Gasteiger partial charge in [-0.15, -0.1) is 0 Å². The number of hydrogen-bond donors (Lipinski definition) is 0. The summed E-state index contributed by atoms with van der Waals surface area (Å²) in [6.45, 7) is 5.81. The van der Waals surface area contributed by atoms with E-state index in [9.17, 15) is 4.79 Å². The average Bonchev–Trinajstić information content (AvgIpc) is 2.93. The van der Waals surface area contributed by atoms with Crippen LogP contribution in [0.15, 0.2) is 28.7 Å². The molecule has 2 aliphatic heterocycles. The number of piperidine rings is 1. The van der Waals surface area contributed by atoms with Crippen LogP contribution >= 0.6 is 0 Å². The van der Waals surface area contributed by atoms with Crippen LogP contribution in [-0.4, -0.2) is 52.9 Å². The van der Waals surface area contributed by atoms with Crippen molar-refractivity contribution >= 4 is 17.0 Å². The topological polar surface area (TPSA) is 49.6 Å². The number of carbonyl (C=O) groups is 1. The van der Waals surface area contributed by atoms with Gasteiger partial charge in [0.25, 0.3) is 0 Å². The van der Waals surface area contributed by atoms with Crippen LogP contribution < -0.4 is 0 Å². The third-order valence-corrected chi connectivity index (χ3v) is 6.01. The van der Waals surface area contributed by atoms with E-state index in [1.165, 1.54) is 12.8 Å². The highest BCUT2D eigenvalue weighted by Gasteiger charge is 2.31. The Bertz CT molecular complexity index is 708. The van der Waals surface area contributed by atoms with E-state index >= 15 is 0 Å². The normalized spacial score (nSPS) is 21.7. The van der Waals surface area contributed by atoms with E-state index < -0.39 is 0 Å². The summed E-state index contributed by atoms with van der Waals surface area (Å²) in [5.41, 5.74) is 1.81. The third kappa shape index (κ3) is 3.63. The van der Waals surface area contributed by atoms with Crippen molar-refractivity contribution in [3.05, 3.63) is 30.2 Å². The molecular formula is C21H29N3O2. The fourth-order valence-electron chi connectivity index (χ4n) is 4.31. The summed E-state index contributed by atoms with van der Waals surface area (Å²) in [4.78, 5) is 22.0. The molecule has 3 heterocycles. The quantitative estimate of drug-likeness (QED) is 0.840. The Kier molecular flexibility index (Phi) is 5.25. The predicted octanol–water partition coefficient (Wildman–Crippen LogP) is 3.80. The highest BCUT2D eigenvalue weighted by atomic mass is 16.3. The first-order valence-electron chi connectivity index (χ1n) is 10.1. The molecule has 140 valence electrons. The fraction of sp³-hybridized carbons (Fsp3) is 0.619. The van der Waals surface area contributed by atoms with E-state index in [0.29, 0.717) is 11.8 Å². The smallest absolute Gasteiger partial charge is 0.239 e. The van der Waals surface area contributed by atoms with Crippen molar-refractivity contribution in [2.75, 3.05) is 26.2 Å². The van der Waals surface area contributed by atoms with E-state index in [1.54, 1.807) is 0 Å². The minimum atomic E-state index is -0.0160. The van der Waals surface area contributed by atoms with Gasteiger partial charge < -0.3 is 9.32 Å². The zero-order valence-electron chi connectivity index (χ0n) is 15.7. The van der Waals surface area contributed by atoms with Gasteiger partial charge in [0.15, 0.2) is 11.5 Å². The highest BCUT2D eigenvalue weighted by Crippen LogP contribution is 2.30. The average molecular weight is 355 g/mol. The van der Waals surface area contributed by atoms with Gasteiger partial charge in [-0.1, -0.05) is 25.0 Å². The van der Waals surface area contributed by atoms with E-state index in [-0.39, 0.29) is 6.04 Å². The van der Waals surface area contributed by atoms with Crippen molar-refractivity contribution in [2.45, 2.75) is 57.4 Å². The standard InChI is InChI=1S/C21H29N3O2/c1-16(21(25)24-12-6-2-3-7-13-24)23-14-10-17(11-15-23)20-22-18-8-4-5-9-19(18)26-20/h4-5,8-9,16-17H,2-3,6-7,10-15H2,1H3. The van der Waals surface area contributed by atoms with E-state index in [2.05, 4.69) is 21.7 Å². The van der Waals surface area contributed by atoms with Crippen LogP contribution in [0.3, 0.4) is 0 Å². The van der Waals surface area contributed by atoms with Crippen molar-refractivity contribution in [1.82, 2.24) is 14.8 Å². The molecule has 1 atom stereocenters. The lowest BCUT2D eigenvalue weighted by Gasteiger charge is -2.36. The lowest BCUT2D eigenvalue weighted by Crippen LogP contribution is -2.49. The Morgan fingerprint density at radius 1 is 1.08 bits per heavy atom. The molecule has 2 fully saturated rings. The minimum absolute atomic E-state index is 0.0160. The summed E-state index contributed by atoms with van der Waals surface area (Å²) in [5, 5.41) is 0. The lowest BCUT2D eigenvalue weighted by molar-refractivity contribution is -0.136. The maximum atomic E-state index is 12.9. The first-order chi connectivity index (χ1) is 12.7. The van der Waals surface area contributed by atoms with Gasteiger partial charge in [-0.05, 0) is 57.8 Å². The molecule has 5 nitrogen and oxygen atoms in total. The summed E-state index contributed by atoms with van der Waals surface area (Å²) in [6.07, 6.45) is 6.83. The number of para-hydroxylation sites is 2. The molecule has 0 radical (unpaired) electrons. The summed E-state index contributed by atoms with van der Waals surface area (Å²) in [6, 6.07) is 7.93. The largest absolute Gasteiger partial charge is 0.440 e. The van der Waals surface area contributed by atoms with Crippen LogP contribution in [0.4, 0.5) is 0 Å². The molecule has 0 bridgehead atoms. The number of carbonyl (C=O) groups excluding carboxylic acids is 1. The van der Waals surface area contributed by atoms with Gasteiger partial charge in [-0.3, -0.25) is 9.69 Å².